The van der Waals surface area contributed by atoms with Crippen LogP contribution in [0.15, 0.2) is 61.2 Å². The Kier molecular flexibility index (Phi) is 9.87. The van der Waals surface area contributed by atoms with E-state index in [1.54, 1.807) is 12.1 Å². The fraction of sp³-hybridized carbons (Fsp3) is 0.457. The lowest BCUT2D eigenvalue weighted by atomic mass is 9.69. The number of ether oxygens (including phenoxy) is 1. The zero-order valence-electron chi connectivity index (χ0n) is 24.1. The zero-order valence-corrected chi connectivity index (χ0v) is 24.8. The highest BCUT2D eigenvalue weighted by Crippen LogP contribution is 2.42. The third-order valence-corrected chi connectivity index (χ3v) is 9.54. The van der Waals surface area contributed by atoms with Crippen LogP contribution in [0, 0.1) is 29.5 Å². The van der Waals surface area contributed by atoms with Crippen LogP contribution in [0.4, 0.5) is 21.5 Å². The van der Waals surface area contributed by atoms with E-state index >= 15 is 0 Å². The summed E-state index contributed by atoms with van der Waals surface area (Å²) in [4.78, 5) is 12.3. The van der Waals surface area contributed by atoms with Gasteiger partial charge in [0.05, 0.1) is 17.3 Å². The van der Waals surface area contributed by atoms with E-state index in [4.69, 9.17) is 16.3 Å². The maximum atomic E-state index is 13.7. The maximum Gasteiger partial charge on any atom is 0.247 e. The molecule has 0 aliphatic heterocycles. The first kappa shape index (κ1) is 29.4. The number of fused-ring (bicyclic) bond motifs is 1. The molecule has 0 spiro atoms. The van der Waals surface area contributed by atoms with Crippen LogP contribution in [0.3, 0.4) is 0 Å². The van der Waals surface area contributed by atoms with Crippen LogP contribution in [0.25, 0.3) is 10.8 Å². The molecule has 2 saturated carbocycles. The Bertz CT molecular complexity index is 1360. The van der Waals surface area contributed by atoms with Crippen molar-refractivity contribution in [2.75, 3.05) is 17.2 Å². The van der Waals surface area contributed by atoms with Crippen molar-refractivity contribution in [3.05, 3.63) is 72.0 Å². The molecule has 0 saturated heterocycles. The molecule has 0 aromatic heterocycles. The van der Waals surface area contributed by atoms with Crippen LogP contribution in [0.2, 0.25) is 5.02 Å². The minimum absolute atomic E-state index is 0.0526. The van der Waals surface area contributed by atoms with Crippen LogP contribution in [0.1, 0.15) is 71.1 Å². The Hall–Kier alpha value is -3.05. The van der Waals surface area contributed by atoms with Crippen molar-refractivity contribution in [1.29, 1.82) is 0 Å². The molecule has 1 amide bonds. The van der Waals surface area contributed by atoms with E-state index < -0.39 is 5.82 Å². The summed E-state index contributed by atoms with van der Waals surface area (Å²) in [5, 5.41) is 8.14. The molecule has 2 aliphatic carbocycles. The normalized spacial score (nSPS) is 22.7. The van der Waals surface area contributed by atoms with Gasteiger partial charge >= 0.3 is 0 Å². The molecule has 0 bridgehead atoms. The predicted octanol–water partition coefficient (Wildman–Crippen LogP) is 10.3. The molecule has 2 aliphatic rings. The van der Waals surface area contributed by atoms with Crippen molar-refractivity contribution in [2.45, 2.75) is 71.1 Å². The average Bonchev–Trinajstić information content (AvgIpc) is 2.98. The summed E-state index contributed by atoms with van der Waals surface area (Å²) in [6, 6.07) is 14.3. The molecule has 41 heavy (non-hydrogen) atoms. The molecule has 3 aromatic rings. The highest BCUT2D eigenvalue weighted by atomic mass is 35.5. The van der Waals surface area contributed by atoms with Crippen molar-refractivity contribution in [3.63, 3.8) is 0 Å². The number of carbonyl (C=O) groups is 1. The number of nitrogens with one attached hydrogen (secondary N) is 2. The van der Waals surface area contributed by atoms with Gasteiger partial charge < -0.3 is 15.4 Å². The van der Waals surface area contributed by atoms with Gasteiger partial charge in [0.15, 0.2) is 0 Å². The van der Waals surface area contributed by atoms with Crippen molar-refractivity contribution < 1.29 is 13.9 Å². The topological polar surface area (TPSA) is 50.4 Å². The van der Waals surface area contributed by atoms with Gasteiger partial charge in [-0.1, -0.05) is 62.9 Å². The summed E-state index contributed by atoms with van der Waals surface area (Å²) in [7, 11) is 0. The van der Waals surface area contributed by atoms with Crippen LogP contribution >= 0.6 is 11.6 Å². The number of hydrogen-bond donors (Lipinski definition) is 2. The minimum Gasteiger partial charge on any atom is -0.491 e. The first-order chi connectivity index (χ1) is 19.9. The largest absolute Gasteiger partial charge is 0.491 e. The molecular weight excluding hydrogens is 535 g/mol. The monoisotopic (exact) mass is 576 g/mol. The lowest BCUT2D eigenvalue weighted by Crippen LogP contribution is -2.25. The molecule has 0 atom stereocenters. The summed E-state index contributed by atoms with van der Waals surface area (Å²) < 4.78 is 19.9. The lowest BCUT2D eigenvalue weighted by molar-refractivity contribution is -0.111. The van der Waals surface area contributed by atoms with E-state index in [2.05, 4.69) is 24.1 Å². The molecule has 2 fully saturated rings. The second-order valence-electron chi connectivity index (χ2n) is 12.1. The van der Waals surface area contributed by atoms with Crippen molar-refractivity contribution in [3.8, 4) is 5.75 Å². The molecule has 0 heterocycles. The second kappa shape index (κ2) is 13.7. The summed E-state index contributed by atoms with van der Waals surface area (Å²) in [5.74, 6) is 3.52. The number of carbonyl (C=O) groups excluding carboxylic acids is 1. The third-order valence-electron chi connectivity index (χ3n) is 9.26. The van der Waals surface area contributed by atoms with Crippen molar-refractivity contribution >= 4 is 45.3 Å². The first-order valence-corrected chi connectivity index (χ1v) is 15.6. The Labute approximate surface area is 248 Å². The van der Waals surface area contributed by atoms with Gasteiger partial charge in [-0.25, -0.2) is 4.39 Å². The van der Waals surface area contributed by atoms with Gasteiger partial charge in [-0.15, -0.1) is 0 Å². The van der Waals surface area contributed by atoms with Crippen LogP contribution < -0.4 is 15.4 Å². The zero-order chi connectivity index (χ0) is 28.8. The molecule has 0 radical (unpaired) electrons. The highest BCUT2D eigenvalue weighted by Gasteiger charge is 2.29. The molecular formula is C35H42ClFN2O2. The highest BCUT2D eigenvalue weighted by molar-refractivity contribution is 6.31. The van der Waals surface area contributed by atoms with E-state index in [1.807, 2.05) is 30.3 Å². The number of benzene rings is 3. The first-order valence-electron chi connectivity index (χ1n) is 15.2. The summed E-state index contributed by atoms with van der Waals surface area (Å²) >= 11 is 5.98. The van der Waals surface area contributed by atoms with Gasteiger partial charge in [-0.3, -0.25) is 4.79 Å². The van der Waals surface area contributed by atoms with Crippen LogP contribution in [-0.4, -0.2) is 12.5 Å². The third kappa shape index (κ3) is 7.62. The van der Waals surface area contributed by atoms with Crippen molar-refractivity contribution in [2.24, 2.45) is 23.7 Å². The molecule has 0 unspecified atom stereocenters. The summed E-state index contributed by atoms with van der Waals surface area (Å²) in [6.45, 7) is 6.61. The standard InChI is InChI=1S/C35H42ClFN2O2/c1-3-35(40)39-33-22-29-27(7-4-8-32(29)38-28-17-18-31(37)30(36)21-28)20-34(33)41-19-5-6-24-11-15-26(16-12-24)25-13-9-23(2)10-14-25/h3-4,7-8,17-18,20-26,38H,1,5-6,9-16,19H2,2H3,(H,39,40). The van der Waals surface area contributed by atoms with Gasteiger partial charge in [0, 0.05) is 16.8 Å². The predicted molar refractivity (Wildman–Crippen MR) is 169 cm³/mol. The minimum atomic E-state index is -0.465. The fourth-order valence-electron chi connectivity index (χ4n) is 6.80. The Morgan fingerprint density at radius 3 is 2.44 bits per heavy atom. The summed E-state index contributed by atoms with van der Waals surface area (Å²) in [6.07, 6.45) is 14.7. The van der Waals surface area contributed by atoms with E-state index in [0.29, 0.717) is 23.7 Å². The molecule has 5 rings (SSSR count). The Morgan fingerprint density at radius 1 is 1.00 bits per heavy atom. The van der Waals surface area contributed by atoms with Gasteiger partial charge in [0.1, 0.15) is 11.6 Å². The molecule has 218 valence electrons. The second-order valence-corrected chi connectivity index (χ2v) is 12.5. The number of anilines is 3. The van der Waals surface area contributed by atoms with Gasteiger partial charge in [-0.2, -0.15) is 0 Å². The van der Waals surface area contributed by atoms with Gasteiger partial charge in [0.25, 0.3) is 0 Å². The average molecular weight is 577 g/mol. The fourth-order valence-corrected chi connectivity index (χ4v) is 6.98. The Balaban J connectivity index is 1.21. The maximum absolute atomic E-state index is 13.7. The van der Waals surface area contributed by atoms with E-state index in [1.165, 1.54) is 69.9 Å². The smallest absolute Gasteiger partial charge is 0.247 e. The van der Waals surface area contributed by atoms with Crippen molar-refractivity contribution in [1.82, 2.24) is 0 Å². The van der Waals surface area contributed by atoms with E-state index in [0.717, 1.165) is 46.6 Å². The molecule has 4 nitrogen and oxygen atoms in total. The summed E-state index contributed by atoms with van der Waals surface area (Å²) in [5.41, 5.74) is 2.07. The number of rotatable bonds is 10. The molecule has 3 aromatic carbocycles. The molecule has 2 N–H and O–H groups in total. The van der Waals surface area contributed by atoms with Crippen LogP contribution in [0.5, 0.6) is 5.75 Å². The number of hydrogen-bond acceptors (Lipinski definition) is 3. The quantitative estimate of drug-likeness (QED) is 0.186. The van der Waals surface area contributed by atoms with Gasteiger partial charge in [-0.05, 0) is 110 Å². The van der Waals surface area contributed by atoms with Gasteiger partial charge in [0.2, 0.25) is 5.91 Å². The number of halogens is 2. The number of amides is 1. The molecule has 6 heteroatoms. The van der Waals surface area contributed by atoms with E-state index in [-0.39, 0.29) is 10.9 Å². The Morgan fingerprint density at radius 2 is 1.73 bits per heavy atom. The lowest BCUT2D eigenvalue weighted by Gasteiger charge is -2.37. The SMILES string of the molecule is C=CC(=O)Nc1cc2c(Nc3ccc(F)c(Cl)c3)cccc2cc1OCCCC1CCC(C2CCC(C)CC2)CC1. The van der Waals surface area contributed by atoms with Crippen LogP contribution in [-0.2, 0) is 4.79 Å². The van der Waals surface area contributed by atoms with E-state index in [9.17, 15) is 9.18 Å².